The number of nitrogens with two attached hydrogens (primary N) is 1. The molecular weight excluding hydrogens is 218 g/mol. The maximum atomic E-state index is 5.66. The molecule has 0 amide bonds. The molecule has 1 saturated heterocycles. The highest BCUT2D eigenvalue weighted by atomic mass is 16.5. The first-order chi connectivity index (χ1) is 8.30. The zero-order chi connectivity index (χ0) is 12.5. The van der Waals surface area contributed by atoms with Gasteiger partial charge >= 0.3 is 0 Å². The first-order valence-corrected chi connectivity index (χ1v) is 6.39. The topological polar surface area (TPSA) is 74.9 Å². The predicted molar refractivity (Wildman–Crippen MR) is 69.8 cm³/mol. The summed E-state index contributed by atoms with van der Waals surface area (Å²) in [6, 6.07) is 0. The lowest BCUT2D eigenvalue weighted by molar-refractivity contribution is -0.0210. The summed E-state index contributed by atoms with van der Waals surface area (Å²) in [5.74, 6) is 6.03. The van der Waals surface area contributed by atoms with Crippen LogP contribution in [0.25, 0.3) is 0 Å². The molecule has 0 aromatic rings. The average Bonchev–Trinajstić information content (AvgIpc) is 2.39. The molecule has 1 aliphatic rings. The molecule has 4 N–H and O–H groups in total. The number of ether oxygens (including phenoxy) is 1. The van der Waals surface area contributed by atoms with Crippen LogP contribution < -0.4 is 16.6 Å². The predicted octanol–water partition coefficient (Wildman–Crippen LogP) is -0.474. The van der Waals surface area contributed by atoms with Gasteiger partial charge in [-0.25, -0.2) is 10.8 Å². The second-order valence-electron chi connectivity index (χ2n) is 4.15. The van der Waals surface area contributed by atoms with E-state index in [2.05, 4.69) is 34.5 Å². The zero-order valence-corrected chi connectivity index (χ0v) is 10.9. The number of rotatable bonds is 5. The van der Waals surface area contributed by atoms with Gasteiger partial charge in [-0.3, -0.25) is 10.3 Å². The number of hydrogen-bond donors (Lipinski definition) is 3. The number of hydrazine groups is 1. The maximum absolute atomic E-state index is 5.66. The Kier molecular flexibility index (Phi) is 6.91. The Morgan fingerprint density at radius 1 is 1.53 bits per heavy atom. The summed E-state index contributed by atoms with van der Waals surface area (Å²) in [6.45, 7) is 9.62. The van der Waals surface area contributed by atoms with Crippen LogP contribution in [0.4, 0.5) is 0 Å². The van der Waals surface area contributed by atoms with E-state index in [9.17, 15) is 0 Å². The highest BCUT2D eigenvalue weighted by Gasteiger charge is 2.18. The molecule has 1 heterocycles. The molecule has 100 valence electrons. The Bertz CT molecular complexity index is 234. The van der Waals surface area contributed by atoms with Crippen molar-refractivity contribution in [2.45, 2.75) is 26.4 Å². The molecule has 1 unspecified atom stereocenters. The van der Waals surface area contributed by atoms with Crippen molar-refractivity contribution in [1.82, 2.24) is 15.6 Å². The van der Waals surface area contributed by atoms with Crippen LogP contribution in [-0.4, -0.2) is 56.3 Å². The number of nitrogens with zero attached hydrogens (tertiary/aromatic N) is 2. The van der Waals surface area contributed by atoms with E-state index in [0.717, 1.165) is 39.2 Å². The summed E-state index contributed by atoms with van der Waals surface area (Å²) in [5, 5.41) is 3.13. The molecule has 1 aliphatic heterocycles. The third-order valence-corrected chi connectivity index (χ3v) is 2.80. The van der Waals surface area contributed by atoms with Crippen molar-refractivity contribution in [1.29, 1.82) is 0 Å². The van der Waals surface area contributed by atoms with Gasteiger partial charge in [-0.05, 0) is 13.0 Å². The van der Waals surface area contributed by atoms with Gasteiger partial charge < -0.3 is 10.1 Å². The van der Waals surface area contributed by atoms with E-state index in [1.807, 2.05) is 0 Å². The van der Waals surface area contributed by atoms with E-state index in [4.69, 9.17) is 10.6 Å². The van der Waals surface area contributed by atoms with Crippen LogP contribution in [0.2, 0.25) is 0 Å². The van der Waals surface area contributed by atoms with Gasteiger partial charge in [0.05, 0.1) is 19.3 Å². The molecule has 0 bridgehead atoms. The van der Waals surface area contributed by atoms with Gasteiger partial charge in [0.15, 0.2) is 0 Å². The van der Waals surface area contributed by atoms with E-state index in [-0.39, 0.29) is 6.10 Å². The number of guanidine groups is 1. The molecule has 1 rings (SSSR count). The second kappa shape index (κ2) is 8.27. The van der Waals surface area contributed by atoms with Gasteiger partial charge in [0, 0.05) is 19.6 Å². The van der Waals surface area contributed by atoms with E-state index < -0.39 is 0 Å². The highest BCUT2D eigenvalue weighted by Crippen LogP contribution is 2.04. The quantitative estimate of drug-likeness (QED) is 0.263. The number of morpholine rings is 1. The minimum Gasteiger partial charge on any atom is -0.374 e. The molecule has 0 aromatic heterocycles. The molecule has 0 spiro atoms. The van der Waals surface area contributed by atoms with E-state index in [0.29, 0.717) is 12.5 Å². The average molecular weight is 243 g/mol. The van der Waals surface area contributed by atoms with Crippen LogP contribution in [0, 0.1) is 0 Å². The summed E-state index contributed by atoms with van der Waals surface area (Å²) in [4.78, 5) is 6.76. The van der Waals surface area contributed by atoms with Gasteiger partial charge in [-0.1, -0.05) is 13.8 Å². The third kappa shape index (κ3) is 5.34. The molecule has 0 aliphatic carbocycles. The number of hydrogen-bond acceptors (Lipinski definition) is 4. The first-order valence-electron chi connectivity index (χ1n) is 6.39. The molecular formula is C11H25N5O. The zero-order valence-electron chi connectivity index (χ0n) is 10.9. The van der Waals surface area contributed by atoms with Crippen LogP contribution >= 0.6 is 0 Å². The standard InChI is InChI=1S/C11H25N5O/c1-3-5-13-11(15-12)14-8-10-9-16(4-2)6-7-17-10/h10H,3-9,12H2,1-2H3,(H2,13,14,15). The monoisotopic (exact) mass is 243 g/mol. The van der Waals surface area contributed by atoms with E-state index in [1.165, 1.54) is 0 Å². The van der Waals surface area contributed by atoms with Crippen LogP contribution in [0.5, 0.6) is 0 Å². The van der Waals surface area contributed by atoms with Gasteiger partial charge in [-0.15, -0.1) is 0 Å². The van der Waals surface area contributed by atoms with Gasteiger partial charge in [0.1, 0.15) is 0 Å². The Morgan fingerprint density at radius 2 is 2.35 bits per heavy atom. The Hall–Kier alpha value is -0.850. The summed E-state index contributed by atoms with van der Waals surface area (Å²) in [7, 11) is 0. The van der Waals surface area contributed by atoms with Crippen LogP contribution in [0.1, 0.15) is 20.3 Å². The molecule has 0 aromatic carbocycles. The lowest BCUT2D eigenvalue weighted by Crippen LogP contribution is -2.45. The number of likely N-dealkylation sites (N-methyl/N-ethyl adjacent to an activating group) is 1. The van der Waals surface area contributed by atoms with Crippen molar-refractivity contribution in [3.05, 3.63) is 0 Å². The smallest absolute Gasteiger partial charge is 0.205 e. The van der Waals surface area contributed by atoms with Gasteiger partial charge in [-0.2, -0.15) is 0 Å². The molecule has 1 fully saturated rings. The summed E-state index contributed by atoms with van der Waals surface area (Å²) < 4.78 is 5.66. The van der Waals surface area contributed by atoms with Crippen molar-refractivity contribution >= 4 is 5.96 Å². The van der Waals surface area contributed by atoms with E-state index >= 15 is 0 Å². The molecule has 17 heavy (non-hydrogen) atoms. The lowest BCUT2D eigenvalue weighted by Gasteiger charge is -2.31. The Labute approximate surface area is 104 Å². The molecule has 0 radical (unpaired) electrons. The number of aliphatic imine (C=N–C) groups is 1. The van der Waals surface area contributed by atoms with Crippen molar-refractivity contribution in [2.24, 2.45) is 10.8 Å². The maximum Gasteiger partial charge on any atom is 0.205 e. The summed E-state index contributed by atoms with van der Waals surface area (Å²) >= 11 is 0. The second-order valence-corrected chi connectivity index (χ2v) is 4.15. The number of nitrogens with one attached hydrogen (secondary N) is 2. The van der Waals surface area contributed by atoms with Crippen LogP contribution in [0.15, 0.2) is 4.99 Å². The first kappa shape index (κ1) is 14.2. The van der Waals surface area contributed by atoms with Gasteiger partial charge in [0.2, 0.25) is 5.96 Å². The van der Waals surface area contributed by atoms with E-state index in [1.54, 1.807) is 0 Å². The van der Waals surface area contributed by atoms with Crippen LogP contribution in [-0.2, 0) is 4.74 Å². The minimum atomic E-state index is 0.176. The highest BCUT2D eigenvalue weighted by molar-refractivity contribution is 5.79. The van der Waals surface area contributed by atoms with Crippen molar-refractivity contribution in [2.75, 3.05) is 39.3 Å². The fourth-order valence-corrected chi connectivity index (χ4v) is 1.77. The third-order valence-electron chi connectivity index (χ3n) is 2.80. The molecule has 0 saturated carbocycles. The van der Waals surface area contributed by atoms with Crippen molar-refractivity contribution in [3.8, 4) is 0 Å². The largest absolute Gasteiger partial charge is 0.374 e. The Morgan fingerprint density at radius 3 is 3.00 bits per heavy atom. The van der Waals surface area contributed by atoms with Gasteiger partial charge in [0.25, 0.3) is 0 Å². The van der Waals surface area contributed by atoms with Crippen LogP contribution in [0.3, 0.4) is 0 Å². The fourth-order valence-electron chi connectivity index (χ4n) is 1.77. The molecule has 6 nitrogen and oxygen atoms in total. The molecule has 1 atom stereocenters. The van der Waals surface area contributed by atoms with Crippen molar-refractivity contribution in [3.63, 3.8) is 0 Å². The Balaban J connectivity index is 2.33. The fraction of sp³-hybridized carbons (Fsp3) is 0.909. The summed E-state index contributed by atoms with van der Waals surface area (Å²) in [5.41, 5.74) is 2.57. The SMILES string of the molecule is CCCNC(=NCC1CN(CC)CCO1)NN. The van der Waals surface area contributed by atoms with Crippen molar-refractivity contribution < 1.29 is 4.74 Å². The normalized spacial score (nSPS) is 22.5. The molecule has 6 heteroatoms. The lowest BCUT2D eigenvalue weighted by atomic mass is 10.3. The summed E-state index contributed by atoms with van der Waals surface area (Å²) in [6.07, 6.45) is 1.22. The minimum absolute atomic E-state index is 0.176.